The number of nitrogens with zero attached hydrogens (tertiary/aromatic N) is 10. The third-order valence-electron chi connectivity index (χ3n) is 16.3. The van der Waals surface area contributed by atoms with Crippen molar-refractivity contribution in [3.05, 3.63) is 247 Å². The summed E-state index contributed by atoms with van der Waals surface area (Å²) in [6.45, 7) is 6.69. The zero-order chi connectivity index (χ0) is 54.4. The first kappa shape index (κ1) is 53.0. The predicted molar refractivity (Wildman–Crippen MR) is 319 cm³/mol. The van der Waals surface area contributed by atoms with Gasteiger partial charge in [-0.15, -0.1) is 0 Å². The summed E-state index contributed by atoms with van der Waals surface area (Å²) >= 11 is 12.8. The molecule has 404 valence electrons. The molecule has 0 unspecified atom stereocenters. The quantitative estimate of drug-likeness (QED) is 0.168. The first-order valence-corrected chi connectivity index (χ1v) is 28.2. The van der Waals surface area contributed by atoms with E-state index in [4.69, 9.17) is 33.2 Å². The molecule has 81 heavy (non-hydrogen) atoms. The van der Waals surface area contributed by atoms with Gasteiger partial charge in [-0.2, -0.15) is 0 Å². The first-order valence-electron chi connectivity index (χ1n) is 27.4. The molecular formula is C66H58Cl2N10O3. The minimum absolute atomic E-state index is 0. The van der Waals surface area contributed by atoms with Gasteiger partial charge in [0.2, 0.25) is 0 Å². The van der Waals surface area contributed by atoms with Crippen molar-refractivity contribution in [1.82, 2.24) is 48.8 Å². The summed E-state index contributed by atoms with van der Waals surface area (Å²) in [5.74, 6) is 1.91. The summed E-state index contributed by atoms with van der Waals surface area (Å²) in [6, 6.07) is 40.4. The summed E-state index contributed by atoms with van der Waals surface area (Å²) in [4.78, 5) is 58.2. The molecule has 0 atom stereocenters. The minimum atomic E-state index is 0. The molecule has 15 heteroatoms. The van der Waals surface area contributed by atoms with Gasteiger partial charge in [-0.05, 0) is 196 Å². The number of fused-ring (bicyclic) bond motifs is 6. The Balaban J connectivity index is 0.000000159. The van der Waals surface area contributed by atoms with Crippen molar-refractivity contribution in [1.29, 1.82) is 0 Å². The fourth-order valence-electron chi connectivity index (χ4n) is 12.4. The van der Waals surface area contributed by atoms with Crippen LogP contribution in [0.25, 0.3) is 44.6 Å². The SMILES string of the molecule is Cc1nc2cnccc2n1-c1ccc(C(=O)N2CCC(=C3c4ccc(Cl)cc4CCc4cccnc43)CC2)cc1.Cc1nc2cnccc2n1-c1ccc(C(=O)N2CCC(=C3c4ccc(Cl)cc4CCc4cccnc43)CC2)cc1.O. The Labute approximate surface area is 479 Å². The fourth-order valence-corrected chi connectivity index (χ4v) is 12.7. The lowest BCUT2D eigenvalue weighted by Crippen LogP contribution is -2.36. The molecule has 14 rings (SSSR count). The van der Waals surface area contributed by atoms with Crippen LogP contribution >= 0.6 is 23.2 Å². The number of piperidine rings is 2. The summed E-state index contributed by atoms with van der Waals surface area (Å²) in [5, 5.41) is 1.53. The Hall–Kier alpha value is -8.62. The summed E-state index contributed by atoms with van der Waals surface area (Å²) in [7, 11) is 0. The molecule has 0 saturated carbocycles. The van der Waals surface area contributed by atoms with Crippen LogP contribution in [0.1, 0.15) is 103 Å². The van der Waals surface area contributed by atoms with Crippen LogP contribution in [-0.2, 0) is 25.7 Å². The van der Waals surface area contributed by atoms with E-state index in [1.807, 2.05) is 121 Å². The van der Waals surface area contributed by atoms with E-state index in [9.17, 15) is 9.59 Å². The number of carbonyl (C=O) groups excluding carboxylic acids is 2. The Morgan fingerprint density at radius 2 is 0.852 bits per heavy atom. The second-order valence-corrected chi connectivity index (χ2v) is 21.9. The van der Waals surface area contributed by atoms with Gasteiger partial charge in [-0.3, -0.25) is 38.7 Å². The molecular weight excluding hydrogens is 1050 g/mol. The van der Waals surface area contributed by atoms with Crippen molar-refractivity contribution in [2.24, 2.45) is 0 Å². The number of carbonyl (C=O) groups is 2. The van der Waals surface area contributed by atoms with Crippen LogP contribution in [0, 0.1) is 13.8 Å². The highest BCUT2D eigenvalue weighted by Gasteiger charge is 2.29. The molecule has 13 nitrogen and oxygen atoms in total. The lowest BCUT2D eigenvalue weighted by molar-refractivity contribution is 0.0736. The molecule has 4 aromatic carbocycles. The number of aryl methyl sites for hydroxylation is 6. The van der Waals surface area contributed by atoms with Crippen LogP contribution in [0.4, 0.5) is 0 Å². The van der Waals surface area contributed by atoms with Gasteiger partial charge in [0, 0.05) is 94.7 Å². The lowest BCUT2D eigenvalue weighted by Gasteiger charge is -2.30. The number of hydrogen-bond acceptors (Lipinski definition) is 8. The van der Waals surface area contributed by atoms with E-state index in [0.717, 1.165) is 118 Å². The van der Waals surface area contributed by atoms with Gasteiger partial charge in [0.15, 0.2) is 0 Å². The molecule has 2 fully saturated rings. The molecule has 8 heterocycles. The number of pyridine rings is 4. The van der Waals surface area contributed by atoms with Crippen molar-refractivity contribution in [3.63, 3.8) is 0 Å². The molecule has 2 amide bonds. The Morgan fingerprint density at radius 3 is 1.26 bits per heavy atom. The Kier molecular flexibility index (Phi) is 14.7. The number of hydrogen-bond donors (Lipinski definition) is 0. The van der Waals surface area contributed by atoms with E-state index >= 15 is 0 Å². The zero-order valence-electron chi connectivity index (χ0n) is 45.0. The van der Waals surface area contributed by atoms with Crippen LogP contribution in [0.5, 0.6) is 0 Å². The normalized spacial score (nSPS) is 14.9. The van der Waals surface area contributed by atoms with E-state index in [-0.39, 0.29) is 17.3 Å². The molecule has 2 aliphatic heterocycles. The fraction of sp³-hybridized carbons (Fsp3) is 0.212. The van der Waals surface area contributed by atoms with E-state index < -0.39 is 0 Å². The topological polar surface area (TPSA) is 159 Å². The smallest absolute Gasteiger partial charge is 0.253 e. The van der Waals surface area contributed by atoms with Crippen molar-refractivity contribution < 1.29 is 15.1 Å². The standard InChI is InChI=1S/2C33H28ClN5O.H2O/c2*1-21-37-29-20-35-16-12-30(29)39(21)27-9-6-24(7-10-27)33(40)38-17-13-22(14-18-38)31-28-11-8-26(34)19-25(28)5-4-23-3-2-15-36-32(23)31;/h2*2-3,6-12,15-16,19-20H,4-5,13-14,17-18H2,1H3;1H2. The van der Waals surface area contributed by atoms with Crippen LogP contribution in [0.15, 0.2) is 170 Å². The summed E-state index contributed by atoms with van der Waals surface area (Å²) < 4.78 is 4.18. The van der Waals surface area contributed by atoms with E-state index in [0.29, 0.717) is 37.3 Å². The van der Waals surface area contributed by atoms with Crippen molar-refractivity contribution in [3.8, 4) is 11.4 Å². The third kappa shape index (κ3) is 10.2. The van der Waals surface area contributed by atoms with Crippen LogP contribution in [-0.4, -0.2) is 92.3 Å². The maximum atomic E-state index is 13.5. The summed E-state index contributed by atoms with van der Waals surface area (Å²) in [5.41, 5.74) is 21.9. The maximum absolute atomic E-state index is 13.5. The van der Waals surface area contributed by atoms with E-state index in [1.165, 1.54) is 55.7 Å². The average molecular weight is 1110 g/mol. The van der Waals surface area contributed by atoms with Crippen LogP contribution in [0.3, 0.4) is 0 Å². The van der Waals surface area contributed by atoms with Gasteiger partial charge in [0.05, 0.1) is 34.8 Å². The molecule has 6 aromatic heterocycles. The molecule has 2 saturated heterocycles. The zero-order valence-corrected chi connectivity index (χ0v) is 46.6. The number of halogens is 2. The first-order chi connectivity index (χ1) is 39.1. The molecule has 2 aliphatic carbocycles. The molecule has 0 radical (unpaired) electrons. The maximum Gasteiger partial charge on any atom is 0.253 e. The predicted octanol–water partition coefficient (Wildman–Crippen LogP) is 12.4. The number of aromatic nitrogens is 8. The largest absolute Gasteiger partial charge is 0.412 e. The van der Waals surface area contributed by atoms with Gasteiger partial charge >= 0.3 is 0 Å². The van der Waals surface area contributed by atoms with Crippen molar-refractivity contribution in [2.75, 3.05) is 26.2 Å². The van der Waals surface area contributed by atoms with Gasteiger partial charge in [0.25, 0.3) is 11.8 Å². The lowest BCUT2D eigenvalue weighted by atomic mass is 9.88. The number of benzene rings is 4. The molecule has 10 aromatic rings. The minimum Gasteiger partial charge on any atom is -0.412 e. The van der Waals surface area contributed by atoms with Gasteiger partial charge < -0.3 is 15.3 Å². The molecule has 4 aliphatic rings. The molecule has 0 spiro atoms. The van der Waals surface area contributed by atoms with Crippen LogP contribution in [0.2, 0.25) is 10.0 Å². The van der Waals surface area contributed by atoms with Crippen LogP contribution < -0.4 is 0 Å². The van der Waals surface area contributed by atoms with E-state index in [2.05, 4.69) is 65.5 Å². The van der Waals surface area contributed by atoms with Gasteiger partial charge in [-0.1, -0.05) is 58.6 Å². The number of likely N-dealkylation sites (tertiary alicyclic amines) is 2. The highest BCUT2D eigenvalue weighted by molar-refractivity contribution is 6.31. The Morgan fingerprint density at radius 1 is 0.457 bits per heavy atom. The number of amides is 2. The van der Waals surface area contributed by atoms with Crippen molar-refractivity contribution >= 4 is 68.2 Å². The number of rotatable bonds is 4. The average Bonchev–Trinajstić information content (AvgIpc) is 4.16. The third-order valence-corrected chi connectivity index (χ3v) is 16.7. The van der Waals surface area contributed by atoms with E-state index in [1.54, 1.807) is 24.8 Å². The second-order valence-electron chi connectivity index (χ2n) is 21.0. The highest BCUT2D eigenvalue weighted by Crippen LogP contribution is 2.41. The molecule has 2 N–H and O–H groups in total. The van der Waals surface area contributed by atoms with Gasteiger partial charge in [0.1, 0.15) is 22.7 Å². The van der Waals surface area contributed by atoms with Crippen molar-refractivity contribution in [2.45, 2.75) is 65.2 Å². The highest BCUT2D eigenvalue weighted by atomic mass is 35.5. The monoisotopic (exact) mass is 1110 g/mol. The Bertz CT molecular complexity index is 3860. The number of imidazole rings is 2. The van der Waals surface area contributed by atoms with Gasteiger partial charge in [-0.25, -0.2) is 9.97 Å². The second kappa shape index (κ2) is 22.5. The molecule has 0 bridgehead atoms. The summed E-state index contributed by atoms with van der Waals surface area (Å²) in [6.07, 6.45) is 17.9.